The number of rotatable bonds is 11. The van der Waals surface area contributed by atoms with Gasteiger partial charge >= 0.3 is 0 Å². The first-order valence-electron chi connectivity index (χ1n) is 16.1. The number of piperidine rings is 1. The van der Waals surface area contributed by atoms with Crippen molar-refractivity contribution in [1.29, 1.82) is 0 Å². The molecule has 6 rings (SSSR count). The average Bonchev–Trinajstić information content (AvgIpc) is 3.64. The van der Waals surface area contributed by atoms with Crippen molar-refractivity contribution in [3.8, 4) is 0 Å². The number of ether oxygens (including phenoxy) is 1. The van der Waals surface area contributed by atoms with Crippen LogP contribution in [0.5, 0.6) is 0 Å². The molecule has 4 heterocycles. The Morgan fingerprint density at radius 1 is 0.955 bits per heavy atom. The van der Waals surface area contributed by atoms with Crippen molar-refractivity contribution in [1.82, 2.24) is 25.3 Å². The van der Waals surface area contributed by atoms with Crippen molar-refractivity contribution in [3.63, 3.8) is 0 Å². The number of benzene rings is 2. The van der Waals surface area contributed by atoms with E-state index in [1.807, 2.05) is 12.1 Å². The number of hydrogen-bond donors (Lipinski definition) is 2. The predicted octanol–water partition coefficient (Wildman–Crippen LogP) is 2.38. The maximum Gasteiger partial charge on any atom is 0.255 e. The number of unbranched alkanes of at least 4 members (excludes halogenated alkanes) is 1. The number of morpholine rings is 1. The van der Waals surface area contributed by atoms with Gasteiger partial charge in [-0.15, -0.1) is 0 Å². The van der Waals surface area contributed by atoms with Gasteiger partial charge in [0.2, 0.25) is 17.7 Å². The lowest BCUT2D eigenvalue weighted by molar-refractivity contribution is -0.137. The summed E-state index contributed by atoms with van der Waals surface area (Å²) in [4.78, 5) is 56.6. The monoisotopic (exact) mass is 601 g/mol. The highest BCUT2D eigenvalue weighted by atomic mass is 16.5. The lowest BCUT2D eigenvalue weighted by Crippen LogP contribution is -2.52. The van der Waals surface area contributed by atoms with E-state index < -0.39 is 6.04 Å². The van der Waals surface area contributed by atoms with Crippen LogP contribution in [0.4, 0.5) is 0 Å². The molecule has 0 aliphatic carbocycles. The number of nitrogens with zero attached hydrogens (tertiary/aromatic N) is 3. The first-order valence-corrected chi connectivity index (χ1v) is 16.1. The van der Waals surface area contributed by atoms with E-state index in [1.165, 1.54) is 5.56 Å². The first-order chi connectivity index (χ1) is 21.5. The van der Waals surface area contributed by atoms with Crippen molar-refractivity contribution in [2.75, 3.05) is 39.4 Å². The molecule has 10 heteroatoms. The summed E-state index contributed by atoms with van der Waals surface area (Å²) in [6.07, 6.45) is 5.28. The molecule has 0 aromatic heterocycles. The van der Waals surface area contributed by atoms with Crippen molar-refractivity contribution in [2.24, 2.45) is 0 Å². The Balaban J connectivity index is 0.950. The number of nitrogens with one attached hydrogen (secondary N) is 2. The third-order valence-electron chi connectivity index (χ3n) is 9.49. The van der Waals surface area contributed by atoms with E-state index in [0.717, 1.165) is 94.7 Å². The van der Waals surface area contributed by atoms with Crippen LogP contribution in [-0.2, 0) is 45.2 Å². The van der Waals surface area contributed by atoms with E-state index in [0.29, 0.717) is 25.1 Å². The molecule has 3 fully saturated rings. The number of likely N-dealkylation sites (tertiary alicyclic amines) is 1. The van der Waals surface area contributed by atoms with E-state index in [1.54, 1.807) is 4.90 Å². The number of amides is 4. The second kappa shape index (κ2) is 14.0. The van der Waals surface area contributed by atoms with Crippen molar-refractivity contribution >= 4 is 23.6 Å². The molecular formula is C34H43N5O5. The number of imide groups is 1. The molecule has 10 nitrogen and oxygen atoms in total. The Morgan fingerprint density at radius 3 is 2.55 bits per heavy atom. The lowest BCUT2D eigenvalue weighted by Gasteiger charge is -2.29. The molecule has 4 aliphatic heterocycles. The molecule has 0 spiro atoms. The zero-order chi connectivity index (χ0) is 30.5. The molecular weight excluding hydrogens is 558 g/mol. The minimum atomic E-state index is -0.599. The van der Waals surface area contributed by atoms with Crippen molar-refractivity contribution in [2.45, 2.75) is 76.7 Å². The lowest BCUT2D eigenvalue weighted by atomic mass is 9.98. The summed E-state index contributed by atoms with van der Waals surface area (Å²) < 4.78 is 5.44. The van der Waals surface area contributed by atoms with E-state index in [9.17, 15) is 19.2 Å². The summed E-state index contributed by atoms with van der Waals surface area (Å²) in [6, 6.07) is 13.7. The summed E-state index contributed by atoms with van der Waals surface area (Å²) in [5, 5.41) is 5.54. The van der Waals surface area contributed by atoms with Crippen LogP contribution >= 0.6 is 0 Å². The van der Waals surface area contributed by atoms with Crippen LogP contribution in [0, 0.1) is 0 Å². The summed E-state index contributed by atoms with van der Waals surface area (Å²) in [6.45, 7) is 7.20. The molecule has 2 unspecified atom stereocenters. The Bertz CT molecular complexity index is 1370. The minimum absolute atomic E-state index is 0.0868. The predicted molar refractivity (Wildman–Crippen MR) is 164 cm³/mol. The molecule has 234 valence electrons. The third kappa shape index (κ3) is 7.03. The third-order valence-corrected chi connectivity index (χ3v) is 9.49. The molecule has 2 aromatic carbocycles. The molecule has 0 bridgehead atoms. The van der Waals surface area contributed by atoms with Gasteiger partial charge in [0.15, 0.2) is 0 Å². The average molecular weight is 602 g/mol. The molecule has 3 saturated heterocycles. The topological polar surface area (TPSA) is 111 Å². The minimum Gasteiger partial charge on any atom is -0.379 e. The number of carbonyl (C=O) groups excluding carboxylic acids is 4. The molecule has 4 aliphatic rings. The zero-order valence-corrected chi connectivity index (χ0v) is 25.4. The van der Waals surface area contributed by atoms with Gasteiger partial charge < -0.3 is 15.0 Å². The van der Waals surface area contributed by atoms with Crippen LogP contribution in [0.3, 0.4) is 0 Å². The summed E-state index contributed by atoms with van der Waals surface area (Å²) in [5.41, 5.74) is 5.18. The standard InChI is InChI=1S/C34H43N5O5/c40-31-14-13-30(33(42)36-31)39-23-28-26(6-3-7-27(28)34(39)43)5-1-2-15-38-16-4-8-29(38)32(41)35-21-24-9-11-25(12-10-24)22-37-17-19-44-20-18-37/h3,6-7,9-12,29-30H,1-2,4-5,8,13-23H2,(H,35,41)(H,36,40,42). The molecule has 2 N–H and O–H groups in total. The summed E-state index contributed by atoms with van der Waals surface area (Å²) >= 11 is 0. The molecule has 44 heavy (non-hydrogen) atoms. The Morgan fingerprint density at radius 2 is 1.75 bits per heavy atom. The maximum absolute atomic E-state index is 13.1. The number of hydrogen-bond acceptors (Lipinski definition) is 7. The summed E-state index contributed by atoms with van der Waals surface area (Å²) in [7, 11) is 0. The van der Waals surface area contributed by atoms with Crippen LogP contribution in [-0.4, -0.2) is 89.8 Å². The normalized spacial score (nSPS) is 22.7. The molecule has 0 radical (unpaired) electrons. The molecule has 2 atom stereocenters. The van der Waals surface area contributed by atoms with Crippen LogP contribution < -0.4 is 10.6 Å². The second-order valence-corrected chi connectivity index (χ2v) is 12.4. The fraction of sp³-hybridized carbons (Fsp3) is 0.529. The SMILES string of the molecule is O=C1CCC(N2Cc3c(CCCCN4CCCC4C(=O)NCc4ccc(CN5CCOCC5)cc4)cccc3C2=O)C(=O)N1. The van der Waals surface area contributed by atoms with E-state index in [-0.39, 0.29) is 36.1 Å². The number of fused-ring (bicyclic) bond motifs is 1. The number of aryl methyl sites for hydroxylation is 1. The quantitative estimate of drug-likeness (QED) is 0.301. The van der Waals surface area contributed by atoms with Gasteiger partial charge in [-0.1, -0.05) is 36.4 Å². The van der Waals surface area contributed by atoms with E-state index in [2.05, 4.69) is 50.8 Å². The zero-order valence-electron chi connectivity index (χ0n) is 25.4. The van der Waals surface area contributed by atoms with E-state index >= 15 is 0 Å². The van der Waals surface area contributed by atoms with Gasteiger partial charge in [-0.2, -0.15) is 0 Å². The fourth-order valence-corrected chi connectivity index (χ4v) is 6.99. The highest BCUT2D eigenvalue weighted by molar-refractivity contribution is 6.05. The Labute approximate surface area is 259 Å². The van der Waals surface area contributed by atoms with Gasteiger partial charge in [-0.25, -0.2) is 0 Å². The smallest absolute Gasteiger partial charge is 0.255 e. The van der Waals surface area contributed by atoms with Crippen LogP contribution in [0.1, 0.15) is 71.1 Å². The Kier molecular flexibility index (Phi) is 9.69. The largest absolute Gasteiger partial charge is 0.379 e. The van der Waals surface area contributed by atoms with Gasteiger partial charge in [-0.05, 0) is 79.9 Å². The van der Waals surface area contributed by atoms with Crippen LogP contribution in [0.25, 0.3) is 0 Å². The summed E-state index contributed by atoms with van der Waals surface area (Å²) in [5.74, 6) is -0.691. The Hall–Kier alpha value is -3.60. The fourth-order valence-electron chi connectivity index (χ4n) is 6.99. The first kappa shape index (κ1) is 30.4. The number of carbonyl (C=O) groups is 4. The highest BCUT2D eigenvalue weighted by Gasteiger charge is 2.39. The van der Waals surface area contributed by atoms with Gasteiger partial charge in [0, 0.05) is 44.7 Å². The molecule has 4 amide bonds. The molecule has 2 aromatic rings. The maximum atomic E-state index is 13.1. The van der Waals surface area contributed by atoms with Crippen LogP contribution in [0.2, 0.25) is 0 Å². The van der Waals surface area contributed by atoms with Crippen molar-refractivity contribution < 1.29 is 23.9 Å². The van der Waals surface area contributed by atoms with Gasteiger partial charge in [0.25, 0.3) is 5.91 Å². The van der Waals surface area contributed by atoms with Crippen LogP contribution in [0.15, 0.2) is 42.5 Å². The van der Waals surface area contributed by atoms with Gasteiger partial charge in [0.05, 0.1) is 19.3 Å². The van der Waals surface area contributed by atoms with Gasteiger partial charge in [0.1, 0.15) is 6.04 Å². The molecule has 0 saturated carbocycles. The van der Waals surface area contributed by atoms with Gasteiger partial charge in [-0.3, -0.25) is 34.3 Å². The second-order valence-electron chi connectivity index (χ2n) is 12.4. The highest BCUT2D eigenvalue weighted by Crippen LogP contribution is 2.30. The van der Waals surface area contributed by atoms with E-state index in [4.69, 9.17) is 4.74 Å². The van der Waals surface area contributed by atoms with Crippen molar-refractivity contribution in [3.05, 3.63) is 70.3 Å².